The zero-order valence-electron chi connectivity index (χ0n) is 16.1. The van der Waals surface area contributed by atoms with E-state index in [-0.39, 0.29) is 17.5 Å². The first-order valence-electron chi connectivity index (χ1n) is 9.24. The third-order valence-corrected chi connectivity index (χ3v) is 5.37. The topological polar surface area (TPSA) is 49.4 Å². The summed E-state index contributed by atoms with van der Waals surface area (Å²) in [6.07, 6.45) is 0. The SMILES string of the molecule is Cc1ccc(C2=C(Nc3cccc(Br)c3)C(=O)N(c3ccccc3C)C2=O)cc1. The monoisotopic (exact) mass is 446 g/mol. The highest BCUT2D eigenvalue weighted by atomic mass is 79.9. The van der Waals surface area contributed by atoms with Crippen molar-refractivity contribution < 1.29 is 9.59 Å². The van der Waals surface area contributed by atoms with Crippen molar-refractivity contribution in [2.75, 3.05) is 10.2 Å². The fourth-order valence-corrected chi connectivity index (χ4v) is 3.78. The van der Waals surface area contributed by atoms with E-state index in [1.54, 1.807) is 6.07 Å². The van der Waals surface area contributed by atoms with Gasteiger partial charge in [0, 0.05) is 10.2 Å². The molecular weight excluding hydrogens is 428 g/mol. The number of halogens is 1. The van der Waals surface area contributed by atoms with Crippen LogP contribution in [0.5, 0.6) is 0 Å². The van der Waals surface area contributed by atoms with Crippen LogP contribution in [-0.4, -0.2) is 11.8 Å². The van der Waals surface area contributed by atoms with E-state index >= 15 is 0 Å². The Kier molecular flexibility index (Phi) is 5.07. The largest absolute Gasteiger partial charge is 0.350 e. The van der Waals surface area contributed by atoms with E-state index in [9.17, 15) is 9.59 Å². The molecule has 3 aromatic carbocycles. The molecule has 0 spiro atoms. The van der Waals surface area contributed by atoms with Gasteiger partial charge in [-0.05, 0) is 49.2 Å². The third-order valence-electron chi connectivity index (χ3n) is 4.87. The summed E-state index contributed by atoms with van der Waals surface area (Å²) in [4.78, 5) is 28.1. The highest BCUT2D eigenvalue weighted by Gasteiger charge is 2.40. The van der Waals surface area contributed by atoms with Crippen molar-refractivity contribution in [1.29, 1.82) is 0 Å². The van der Waals surface area contributed by atoms with Crippen LogP contribution in [0.4, 0.5) is 11.4 Å². The van der Waals surface area contributed by atoms with Crippen LogP contribution in [0.15, 0.2) is 83.0 Å². The first-order chi connectivity index (χ1) is 14.0. The molecule has 0 saturated carbocycles. The van der Waals surface area contributed by atoms with Crippen LogP contribution in [0.1, 0.15) is 16.7 Å². The maximum Gasteiger partial charge on any atom is 0.282 e. The minimum Gasteiger partial charge on any atom is -0.350 e. The standard InChI is InChI=1S/C24H19BrN2O2/c1-15-10-12-17(13-11-15)21-22(26-19-8-5-7-18(25)14-19)24(29)27(23(21)28)20-9-4-3-6-16(20)2/h3-14,26H,1-2H3. The van der Waals surface area contributed by atoms with Gasteiger partial charge in [-0.15, -0.1) is 0 Å². The Morgan fingerprint density at radius 2 is 1.55 bits per heavy atom. The van der Waals surface area contributed by atoms with Crippen LogP contribution in [0.25, 0.3) is 5.57 Å². The maximum absolute atomic E-state index is 13.4. The van der Waals surface area contributed by atoms with E-state index in [2.05, 4.69) is 21.2 Å². The Morgan fingerprint density at radius 3 is 2.24 bits per heavy atom. The molecule has 0 radical (unpaired) electrons. The number of nitrogens with one attached hydrogen (secondary N) is 1. The van der Waals surface area contributed by atoms with E-state index in [0.717, 1.165) is 21.3 Å². The van der Waals surface area contributed by atoms with Gasteiger partial charge in [0.05, 0.1) is 11.3 Å². The van der Waals surface area contributed by atoms with Crippen LogP contribution >= 0.6 is 15.9 Å². The molecule has 0 unspecified atom stereocenters. The third kappa shape index (κ3) is 3.61. The second-order valence-corrected chi connectivity index (χ2v) is 7.90. The van der Waals surface area contributed by atoms with Gasteiger partial charge in [-0.2, -0.15) is 0 Å². The molecule has 1 heterocycles. The summed E-state index contributed by atoms with van der Waals surface area (Å²) in [5.74, 6) is -0.689. The molecule has 2 amide bonds. The van der Waals surface area contributed by atoms with Gasteiger partial charge in [0.1, 0.15) is 5.70 Å². The lowest BCUT2D eigenvalue weighted by Gasteiger charge is -2.17. The maximum atomic E-state index is 13.4. The van der Waals surface area contributed by atoms with Crippen molar-refractivity contribution in [2.24, 2.45) is 0 Å². The molecule has 0 aromatic heterocycles. The Bertz CT molecular complexity index is 1150. The lowest BCUT2D eigenvalue weighted by atomic mass is 10.0. The zero-order chi connectivity index (χ0) is 20.5. The van der Waals surface area contributed by atoms with Gasteiger partial charge in [0.15, 0.2) is 0 Å². The summed E-state index contributed by atoms with van der Waals surface area (Å²) in [5.41, 5.74) is 4.63. The molecule has 144 valence electrons. The molecule has 1 aliphatic rings. The summed E-state index contributed by atoms with van der Waals surface area (Å²) >= 11 is 3.45. The smallest absolute Gasteiger partial charge is 0.282 e. The van der Waals surface area contributed by atoms with E-state index in [1.807, 2.05) is 80.6 Å². The van der Waals surface area contributed by atoms with Crippen molar-refractivity contribution in [3.8, 4) is 0 Å². The van der Waals surface area contributed by atoms with Crippen LogP contribution < -0.4 is 10.2 Å². The molecule has 1 aliphatic heterocycles. The number of aryl methyl sites for hydroxylation is 2. The Hall–Kier alpha value is -3.18. The van der Waals surface area contributed by atoms with Crippen molar-refractivity contribution in [2.45, 2.75) is 13.8 Å². The van der Waals surface area contributed by atoms with Crippen LogP contribution in [0, 0.1) is 13.8 Å². The van der Waals surface area contributed by atoms with E-state index in [0.29, 0.717) is 16.8 Å². The van der Waals surface area contributed by atoms with Gasteiger partial charge in [0.25, 0.3) is 11.8 Å². The highest BCUT2D eigenvalue weighted by molar-refractivity contribution is 9.10. The van der Waals surface area contributed by atoms with Gasteiger partial charge >= 0.3 is 0 Å². The number of anilines is 2. The van der Waals surface area contributed by atoms with Crippen molar-refractivity contribution in [3.05, 3.63) is 99.7 Å². The number of nitrogens with zero attached hydrogens (tertiary/aromatic N) is 1. The summed E-state index contributed by atoms with van der Waals surface area (Å²) in [7, 11) is 0. The quantitative estimate of drug-likeness (QED) is 0.541. The van der Waals surface area contributed by atoms with E-state index in [4.69, 9.17) is 0 Å². The summed E-state index contributed by atoms with van der Waals surface area (Å²) in [5, 5.41) is 3.18. The average molecular weight is 447 g/mol. The predicted octanol–water partition coefficient (Wildman–Crippen LogP) is 5.46. The number of hydrogen-bond donors (Lipinski definition) is 1. The molecule has 3 aromatic rings. The molecular formula is C24H19BrN2O2. The van der Waals surface area contributed by atoms with Gasteiger partial charge in [0.2, 0.25) is 0 Å². The lowest BCUT2D eigenvalue weighted by Crippen LogP contribution is -2.33. The molecule has 1 N–H and O–H groups in total. The van der Waals surface area contributed by atoms with Crippen LogP contribution in [0.2, 0.25) is 0 Å². The molecule has 0 aliphatic carbocycles. The van der Waals surface area contributed by atoms with Gasteiger partial charge in [-0.3, -0.25) is 9.59 Å². The number of para-hydroxylation sites is 1. The molecule has 0 bridgehead atoms. The molecule has 0 atom stereocenters. The van der Waals surface area contributed by atoms with Gasteiger partial charge in [-0.25, -0.2) is 4.90 Å². The summed E-state index contributed by atoms with van der Waals surface area (Å²) in [6, 6.07) is 22.5. The van der Waals surface area contributed by atoms with Gasteiger partial charge < -0.3 is 5.32 Å². The Labute approximate surface area is 178 Å². The summed E-state index contributed by atoms with van der Waals surface area (Å²) < 4.78 is 0.882. The number of benzene rings is 3. The van der Waals surface area contributed by atoms with Crippen molar-refractivity contribution in [3.63, 3.8) is 0 Å². The second kappa shape index (κ2) is 7.68. The number of rotatable bonds is 4. The number of hydrogen-bond acceptors (Lipinski definition) is 3. The molecule has 0 fully saturated rings. The normalized spacial score (nSPS) is 14.0. The molecule has 4 nitrogen and oxygen atoms in total. The molecule has 0 saturated heterocycles. The summed E-state index contributed by atoms with van der Waals surface area (Å²) in [6.45, 7) is 3.88. The Balaban J connectivity index is 1.85. The molecule has 5 heteroatoms. The minimum absolute atomic E-state index is 0.278. The van der Waals surface area contributed by atoms with Crippen LogP contribution in [0.3, 0.4) is 0 Å². The zero-order valence-corrected chi connectivity index (χ0v) is 17.7. The minimum atomic E-state index is -0.361. The number of carbonyl (C=O) groups is 2. The Morgan fingerprint density at radius 1 is 0.828 bits per heavy atom. The highest BCUT2D eigenvalue weighted by Crippen LogP contribution is 2.35. The second-order valence-electron chi connectivity index (χ2n) is 6.98. The van der Waals surface area contributed by atoms with E-state index < -0.39 is 0 Å². The van der Waals surface area contributed by atoms with Gasteiger partial charge in [-0.1, -0.05) is 70.0 Å². The van der Waals surface area contributed by atoms with Crippen LogP contribution in [-0.2, 0) is 9.59 Å². The van der Waals surface area contributed by atoms with Crippen molar-refractivity contribution >= 4 is 44.7 Å². The predicted molar refractivity (Wildman–Crippen MR) is 120 cm³/mol. The van der Waals surface area contributed by atoms with E-state index in [1.165, 1.54) is 4.90 Å². The first kappa shape index (κ1) is 19.2. The molecule has 29 heavy (non-hydrogen) atoms. The fraction of sp³-hybridized carbons (Fsp3) is 0.0833. The van der Waals surface area contributed by atoms with Crippen molar-refractivity contribution in [1.82, 2.24) is 0 Å². The number of carbonyl (C=O) groups excluding carboxylic acids is 2. The fourth-order valence-electron chi connectivity index (χ4n) is 3.38. The number of imide groups is 1. The lowest BCUT2D eigenvalue weighted by molar-refractivity contribution is -0.120. The average Bonchev–Trinajstić information content (AvgIpc) is 2.93. The first-order valence-corrected chi connectivity index (χ1v) is 10.0. The number of amides is 2. The molecule has 4 rings (SSSR count).